The molecule has 7 heteroatoms. The first-order valence-electron chi connectivity index (χ1n) is 5.51. The number of methoxy groups -OCH3 is 1. The van der Waals surface area contributed by atoms with Gasteiger partial charge in [0.05, 0.1) is 35.6 Å². The molecule has 4 nitrogen and oxygen atoms in total. The van der Waals surface area contributed by atoms with E-state index in [1.807, 2.05) is 0 Å². The standard InChI is InChI=1S/C13H11Cl2FO4/c1-3-20-6-8(12(17)13(18)19-2)7-4-9(14)10(15)5-11(7)16/h4-6H,3H2,1-2H3/b8-6-. The van der Waals surface area contributed by atoms with Gasteiger partial charge in [-0.25, -0.2) is 9.18 Å². The van der Waals surface area contributed by atoms with Crippen LogP contribution in [0.4, 0.5) is 4.39 Å². The van der Waals surface area contributed by atoms with E-state index in [0.717, 1.165) is 25.5 Å². The predicted octanol–water partition coefficient (Wildman–Crippen LogP) is 3.25. The maximum Gasteiger partial charge on any atom is 0.379 e. The summed E-state index contributed by atoms with van der Waals surface area (Å²) in [6.07, 6.45) is 0.988. The number of halogens is 3. The zero-order valence-corrected chi connectivity index (χ0v) is 12.2. The van der Waals surface area contributed by atoms with Crippen LogP contribution < -0.4 is 0 Å². The van der Waals surface area contributed by atoms with Gasteiger partial charge < -0.3 is 9.47 Å². The normalized spacial score (nSPS) is 11.2. The Bertz CT molecular complexity index is 570. The third-order valence-corrected chi connectivity index (χ3v) is 3.01. The zero-order valence-electron chi connectivity index (χ0n) is 10.7. The molecule has 0 atom stereocenters. The highest BCUT2D eigenvalue weighted by molar-refractivity contribution is 6.52. The lowest BCUT2D eigenvalue weighted by Crippen LogP contribution is -2.18. The lowest BCUT2D eigenvalue weighted by molar-refractivity contribution is -0.149. The summed E-state index contributed by atoms with van der Waals surface area (Å²) >= 11 is 11.5. The average molecular weight is 321 g/mol. The summed E-state index contributed by atoms with van der Waals surface area (Å²) in [7, 11) is 1.05. The monoisotopic (exact) mass is 320 g/mol. The number of carbonyl (C=O) groups excluding carboxylic acids is 2. The molecule has 0 amide bonds. The molecule has 0 aliphatic rings. The van der Waals surface area contributed by atoms with Crippen molar-refractivity contribution in [3.05, 3.63) is 39.8 Å². The van der Waals surface area contributed by atoms with Gasteiger partial charge in [0.15, 0.2) is 0 Å². The summed E-state index contributed by atoms with van der Waals surface area (Å²) in [4.78, 5) is 23.2. The van der Waals surface area contributed by atoms with Crippen molar-refractivity contribution >= 4 is 40.5 Å². The maximum absolute atomic E-state index is 13.9. The molecule has 0 aliphatic carbocycles. The lowest BCUT2D eigenvalue weighted by Gasteiger charge is -2.08. The van der Waals surface area contributed by atoms with Gasteiger partial charge in [0, 0.05) is 5.56 Å². The van der Waals surface area contributed by atoms with Gasteiger partial charge in [-0.3, -0.25) is 4.79 Å². The first-order chi connectivity index (χ1) is 9.42. The molecule has 0 saturated carbocycles. The van der Waals surface area contributed by atoms with E-state index in [-0.39, 0.29) is 27.8 Å². The van der Waals surface area contributed by atoms with Crippen molar-refractivity contribution in [2.75, 3.05) is 13.7 Å². The fourth-order valence-corrected chi connectivity index (χ4v) is 1.65. The number of Topliss-reactive ketones (excluding diaryl/α,β-unsaturated/α-hetero) is 1. The molecule has 0 saturated heterocycles. The van der Waals surface area contributed by atoms with Gasteiger partial charge in [-0.15, -0.1) is 0 Å². The van der Waals surface area contributed by atoms with E-state index >= 15 is 0 Å². The quantitative estimate of drug-likeness (QED) is 0.275. The van der Waals surface area contributed by atoms with Crippen LogP contribution >= 0.6 is 23.2 Å². The number of hydrogen-bond acceptors (Lipinski definition) is 4. The van der Waals surface area contributed by atoms with Gasteiger partial charge in [0.25, 0.3) is 5.78 Å². The number of carbonyl (C=O) groups is 2. The summed E-state index contributed by atoms with van der Waals surface area (Å²) in [6, 6.07) is 2.09. The van der Waals surface area contributed by atoms with Gasteiger partial charge in [0.1, 0.15) is 5.82 Å². The van der Waals surface area contributed by atoms with E-state index in [0.29, 0.717) is 0 Å². The van der Waals surface area contributed by atoms with Crippen molar-refractivity contribution in [3.8, 4) is 0 Å². The van der Waals surface area contributed by atoms with E-state index in [2.05, 4.69) is 4.74 Å². The Hall–Kier alpha value is -1.59. The number of ketones is 1. The van der Waals surface area contributed by atoms with E-state index in [9.17, 15) is 14.0 Å². The summed E-state index contributed by atoms with van der Waals surface area (Å²) in [6.45, 7) is 1.91. The number of rotatable bonds is 5. The molecular weight excluding hydrogens is 310 g/mol. The highest BCUT2D eigenvalue weighted by Crippen LogP contribution is 2.29. The van der Waals surface area contributed by atoms with Crippen LogP contribution in [0.5, 0.6) is 0 Å². The largest absolute Gasteiger partial charge is 0.501 e. The molecule has 108 valence electrons. The molecule has 0 spiro atoms. The molecule has 0 N–H and O–H groups in total. The molecule has 0 unspecified atom stereocenters. The second-order valence-electron chi connectivity index (χ2n) is 3.55. The predicted molar refractivity (Wildman–Crippen MR) is 73.0 cm³/mol. The molecule has 1 rings (SSSR count). The summed E-state index contributed by atoms with van der Waals surface area (Å²) < 4.78 is 23.2. The third-order valence-electron chi connectivity index (χ3n) is 2.28. The summed E-state index contributed by atoms with van der Waals surface area (Å²) in [5.41, 5.74) is -0.488. The lowest BCUT2D eigenvalue weighted by atomic mass is 10.0. The highest BCUT2D eigenvalue weighted by atomic mass is 35.5. The molecule has 0 fully saturated rings. The molecule has 0 aromatic heterocycles. The third kappa shape index (κ3) is 3.71. The van der Waals surface area contributed by atoms with E-state index < -0.39 is 17.6 Å². The van der Waals surface area contributed by atoms with Crippen LogP contribution in [0, 0.1) is 5.82 Å². The SMILES string of the molecule is CCO/C=C(\C(=O)C(=O)OC)c1cc(Cl)c(Cl)cc1F. The van der Waals surface area contributed by atoms with E-state index in [1.165, 1.54) is 0 Å². The first kappa shape index (κ1) is 16.5. The summed E-state index contributed by atoms with van der Waals surface area (Å²) in [5, 5.41) is 0.0392. The van der Waals surface area contributed by atoms with Crippen LogP contribution in [-0.4, -0.2) is 25.5 Å². The molecular formula is C13H11Cl2FO4. The fourth-order valence-electron chi connectivity index (χ4n) is 1.34. The van der Waals surface area contributed by atoms with Crippen LogP contribution in [-0.2, 0) is 19.1 Å². The smallest absolute Gasteiger partial charge is 0.379 e. The number of esters is 1. The second-order valence-corrected chi connectivity index (χ2v) is 4.37. The summed E-state index contributed by atoms with van der Waals surface area (Å²) in [5.74, 6) is -2.98. The van der Waals surface area contributed by atoms with Crippen LogP contribution in [0.3, 0.4) is 0 Å². The van der Waals surface area contributed by atoms with E-state index in [1.54, 1.807) is 6.92 Å². The van der Waals surface area contributed by atoms with Crippen LogP contribution in [0.15, 0.2) is 18.4 Å². The molecule has 1 aromatic rings. The van der Waals surface area contributed by atoms with Crippen molar-refractivity contribution in [2.45, 2.75) is 6.92 Å². The van der Waals surface area contributed by atoms with Crippen LogP contribution in [0.1, 0.15) is 12.5 Å². The van der Waals surface area contributed by atoms with Crippen molar-refractivity contribution in [1.82, 2.24) is 0 Å². The Balaban J connectivity index is 3.35. The Morgan fingerprint density at radius 2 is 1.90 bits per heavy atom. The second kappa shape index (κ2) is 7.26. The number of benzene rings is 1. The topological polar surface area (TPSA) is 52.6 Å². The van der Waals surface area contributed by atoms with Gasteiger partial charge in [-0.2, -0.15) is 0 Å². The van der Waals surface area contributed by atoms with Crippen molar-refractivity contribution < 1.29 is 23.5 Å². The van der Waals surface area contributed by atoms with Crippen molar-refractivity contribution in [3.63, 3.8) is 0 Å². The number of ether oxygens (including phenoxy) is 2. The molecule has 0 aliphatic heterocycles. The van der Waals surface area contributed by atoms with E-state index in [4.69, 9.17) is 27.9 Å². The minimum atomic E-state index is -1.14. The minimum Gasteiger partial charge on any atom is -0.501 e. The molecule has 0 bridgehead atoms. The van der Waals surface area contributed by atoms with Crippen LogP contribution in [0.2, 0.25) is 10.0 Å². The Labute approximate surface area is 125 Å². The number of hydrogen-bond donors (Lipinski definition) is 0. The van der Waals surface area contributed by atoms with Gasteiger partial charge in [-0.05, 0) is 19.1 Å². The van der Waals surface area contributed by atoms with Gasteiger partial charge in [0.2, 0.25) is 0 Å². The Morgan fingerprint density at radius 1 is 1.30 bits per heavy atom. The fraction of sp³-hybridized carbons (Fsp3) is 0.231. The maximum atomic E-state index is 13.9. The average Bonchev–Trinajstić information content (AvgIpc) is 2.43. The highest BCUT2D eigenvalue weighted by Gasteiger charge is 2.25. The molecule has 0 radical (unpaired) electrons. The molecule has 0 heterocycles. The van der Waals surface area contributed by atoms with Gasteiger partial charge >= 0.3 is 5.97 Å². The Kier molecular flexibility index (Phi) is 5.98. The van der Waals surface area contributed by atoms with Crippen molar-refractivity contribution in [2.24, 2.45) is 0 Å². The zero-order chi connectivity index (χ0) is 15.3. The van der Waals surface area contributed by atoms with Gasteiger partial charge in [-0.1, -0.05) is 23.2 Å². The Morgan fingerprint density at radius 3 is 2.45 bits per heavy atom. The van der Waals surface area contributed by atoms with Crippen LogP contribution in [0.25, 0.3) is 5.57 Å². The molecule has 20 heavy (non-hydrogen) atoms. The first-order valence-corrected chi connectivity index (χ1v) is 6.27. The molecule has 1 aromatic carbocycles. The van der Waals surface area contributed by atoms with Crippen molar-refractivity contribution in [1.29, 1.82) is 0 Å². The minimum absolute atomic E-state index is 0.00538.